The van der Waals surface area contributed by atoms with Crippen molar-refractivity contribution < 1.29 is 14.3 Å². The molecule has 1 saturated heterocycles. The molecule has 2 fully saturated rings. The van der Waals surface area contributed by atoms with E-state index >= 15 is 0 Å². The minimum Gasteiger partial charge on any atom is -0.378 e. The highest BCUT2D eigenvalue weighted by Crippen LogP contribution is 2.45. The van der Waals surface area contributed by atoms with E-state index in [1.165, 1.54) is 11.8 Å². The smallest absolute Gasteiger partial charge is 0.250 e. The molecule has 3 aromatic rings. The first-order chi connectivity index (χ1) is 18.1. The number of amides is 2. The van der Waals surface area contributed by atoms with Crippen LogP contribution in [0.15, 0.2) is 53.7 Å². The van der Waals surface area contributed by atoms with Gasteiger partial charge in [0.1, 0.15) is 5.54 Å². The predicted octanol–water partition coefficient (Wildman–Crippen LogP) is 3.80. The van der Waals surface area contributed by atoms with Gasteiger partial charge in [-0.05, 0) is 44.0 Å². The Bertz CT molecular complexity index is 1310. The SMILES string of the molecule is Cc1ccc(-n2c(SCC(=O)N3c4ccccc4NC(=O)C34CCCC4)nnc2N2CCOCC2)cc1. The van der Waals surface area contributed by atoms with Gasteiger partial charge in [-0.3, -0.25) is 19.1 Å². The molecule has 6 rings (SSSR count). The van der Waals surface area contributed by atoms with Gasteiger partial charge in [-0.1, -0.05) is 54.4 Å². The molecule has 2 aromatic carbocycles. The van der Waals surface area contributed by atoms with E-state index in [0.717, 1.165) is 48.8 Å². The molecule has 3 aliphatic rings. The molecular weight excluding hydrogens is 488 g/mol. The maximum absolute atomic E-state index is 13.9. The standard InChI is InChI=1S/C27H30N6O3S/c1-19-8-10-20(11-9-19)32-25(31-14-16-36-17-15-31)29-30-26(32)37-18-23(34)33-22-7-3-2-6-21(22)28-24(35)27(33)12-4-5-13-27/h2-3,6-11H,4-5,12-18H2,1H3,(H,28,35). The molecule has 10 heteroatoms. The number of para-hydroxylation sites is 2. The Morgan fingerprint density at radius 1 is 1.05 bits per heavy atom. The van der Waals surface area contributed by atoms with Crippen molar-refractivity contribution in [1.29, 1.82) is 0 Å². The van der Waals surface area contributed by atoms with Crippen LogP contribution >= 0.6 is 11.8 Å². The van der Waals surface area contributed by atoms with E-state index in [2.05, 4.69) is 39.5 Å². The third-order valence-corrected chi connectivity index (χ3v) is 8.36. The Kier molecular flexibility index (Phi) is 6.37. The first-order valence-corrected chi connectivity index (χ1v) is 13.8. The van der Waals surface area contributed by atoms with Gasteiger partial charge in [0.05, 0.1) is 36.0 Å². The Labute approximate surface area is 220 Å². The van der Waals surface area contributed by atoms with Crippen molar-refractivity contribution in [3.05, 3.63) is 54.1 Å². The quantitative estimate of drug-likeness (QED) is 0.514. The number of nitrogens with zero attached hydrogens (tertiary/aromatic N) is 5. The summed E-state index contributed by atoms with van der Waals surface area (Å²) in [5.41, 5.74) is 2.74. The predicted molar refractivity (Wildman–Crippen MR) is 144 cm³/mol. The lowest BCUT2D eigenvalue weighted by Crippen LogP contribution is -2.61. The summed E-state index contributed by atoms with van der Waals surface area (Å²) in [4.78, 5) is 31.1. The highest BCUT2D eigenvalue weighted by atomic mass is 32.2. The van der Waals surface area contributed by atoms with Crippen molar-refractivity contribution in [2.45, 2.75) is 43.3 Å². The van der Waals surface area contributed by atoms with Crippen molar-refractivity contribution in [3.8, 4) is 5.69 Å². The van der Waals surface area contributed by atoms with Gasteiger partial charge in [-0.25, -0.2) is 0 Å². The van der Waals surface area contributed by atoms with Crippen molar-refractivity contribution >= 4 is 40.9 Å². The summed E-state index contributed by atoms with van der Waals surface area (Å²) in [5, 5.41) is 12.7. The van der Waals surface area contributed by atoms with Gasteiger partial charge in [0.15, 0.2) is 5.16 Å². The zero-order valence-corrected chi connectivity index (χ0v) is 21.7. The van der Waals surface area contributed by atoms with E-state index in [9.17, 15) is 9.59 Å². The summed E-state index contributed by atoms with van der Waals surface area (Å²) < 4.78 is 7.55. The van der Waals surface area contributed by atoms with Gasteiger partial charge in [-0.15, -0.1) is 10.2 Å². The summed E-state index contributed by atoms with van der Waals surface area (Å²) >= 11 is 1.36. The molecule has 37 heavy (non-hydrogen) atoms. The fraction of sp³-hybridized carbons (Fsp3) is 0.407. The van der Waals surface area contributed by atoms with Gasteiger partial charge in [-0.2, -0.15) is 0 Å². The van der Waals surface area contributed by atoms with E-state index in [-0.39, 0.29) is 17.6 Å². The number of aryl methyl sites for hydroxylation is 1. The van der Waals surface area contributed by atoms with E-state index in [1.54, 1.807) is 4.90 Å². The average Bonchev–Trinajstić information content (AvgIpc) is 3.58. The van der Waals surface area contributed by atoms with Gasteiger partial charge in [0, 0.05) is 13.1 Å². The Morgan fingerprint density at radius 3 is 2.54 bits per heavy atom. The van der Waals surface area contributed by atoms with E-state index in [4.69, 9.17) is 4.74 Å². The molecule has 0 radical (unpaired) electrons. The third-order valence-electron chi connectivity index (χ3n) is 7.45. The van der Waals surface area contributed by atoms with Crippen molar-refractivity contribution in [2.24, 2.45) is 0 Å². The second-order valence-corrected chi connectivity index (χ2v) is 10.7. The van der Waals surface area contributed by atoms with Gasteiger partial charge in [0.2, 0.25) is 11.9 Å². The molecule has 0 bridgehead atoms. The number of rotatable bonds is 5. The number of benzene rings is 2. The zero-order valence-electron chi connectivity index (χ0n) is 20.9. The van der Waals surface area contributed by atoms with Crippen molar-refractivity contribution in [3.63, 3.8) is 0 Å². The topological polar surface area (TPSA) is 92.6 Å². The van der Waals surface area contributed by atoms with Crippen LogP contribution in [0.5, 0.6) is 0 Å². The maximum atomic E-state index is 13.9. The van der Waals surface area contributed by atoms with E-state index in [1.807, 2.05) is 41.0 Å². The Hall–Kier alpha value is -3.37. The number of carbonyl (C=O) groups is 2. The summed E-state index contributed by atoms with van der Waals surface area (Å²) in [7, 11) is 0. The molecule has 2 amide bonds. The van der Waals surface area contributed by atoms with Gasteiger partial charge < -0.3 is 15.0 Å². The second kappa shape index (κ2) is 9.83. The van der Waals surface area contributed by atoms with Crippen LogP contribution in [0.2, 0.25) is 0 Å². The number of nitrogens with one attached hydrogen (secondary N) is 1. The molecule has 2 aliphatic heterocycles. The van der Waals surface area contributed by atoms with Crippen molar-refractivity contribution in [2.75, 3.05) is 47.2 Å². The van der Waals surface area contributed by atoms with Crippen LogP contribution in [-0.2, 0) is 14.3 Å². The van der Waals surface area contributed by atoms with Crippen LogP contribution in [-0.4, -0.2) is 64.2 Å². The minimum atomic E-state index is -0.824. The largest absolute Gasteiger partial charge is 0.378 e. The number of hydrogen-bond acceptors (Lipinski definition) is 7. The van der Waals surface area contributed by atoms with Gasteiger partial charge >= 0.3 is 0 Å². The van der Waals surface area contributed by atoms with Crippen LogP contribution in [0, 0.1) is 6.92 Å². The average molecular weight is 519 g/mol. The lowest BCUT2D eigenvalue weighted by Gasteiger charge is -2.44. The second-order valence-electron chi connectivity index (χ2n) is 9.78. The number of aromatic nitrogens is 3. The molecule has 9 nitrogen and oxygen atoms in total. The highest BCUT2D eigenvalue weighted by molar-refractivity contribution is 7.99. The minimum absolute atomic E-state index is 0.0838. The Morgan fingerprint density at radius 2 is 1.78 bits per heavy atom. The van der Waals surface area contributed by atoms with Gasteiger partial charge in [0.25, 0.3) is 5.91 Å². The normalized spacial score (nSPS) is 18.7. The molecule has 0 atom stereocenters. The number of fused-ring (bicyclic) bond motifs is 1. The summed E-state index contributed by atoms with van der Waals surface area (Å²) in [6, 6.07) is 15.8. The number of anilines is 3. The number of morpholine rings is 1. The van der Waals surface area contributed by atoms with Crippen LogP contribution < -0.4 is 15.1 Å². The number of carbonyl (C=O) groups excluding carboxylic acids is 2. The molecule has 0 unspecified atom stereocenters. The van der Waals surface area contributed by atoms with Crippen LogP contribution in [0.25, 0.3) is 5.69 Å². The lowest BCUT2D eigenvalue weighted by molar-refractivity contribution is -0.126. The molecule has 1 aromatic heterocycles. The summed E-state index contributed by atoms with van der Waals surface area (Å²) in [6.07, 6.45) is 3.20. The maximum Gasteiger partial charge on any atom is 0.250 e. The molecule has 1 N–H and O–H groups in total. The zero-order chi connectivity index (χ0) is 25.4. The van der Waals surface area contributed by atoms with E-state index < -0.39 is 5.54 Å². The number of ether oxygens (including phenoxy) is 1. The molecule has 1 aliphatic carbocycles. The molecule has 3 heterocycles. The van der Waals surface area contributed by atoms with E-state index in [0.29, 0.717) is 36.9 Å². The monoisotopic (exact) mass is 518 g/mol. The third kappa shape index (κ3) is 4.27. The molecular formula is C27H30N6O3S. The first kappa shape index (κ1) is 24.0. The molecule has 1 saturated carbocycles. The highest BCUT2D eigenvalue weighted by Gasteiger charge is 2.52. The number of hydrogen-bond donors (Lipinski definition) is 1. The fourth-order valence-electron chi connectivity index (χ4n) is 5.56. The summed E-state index contributed by atoms with van der Waals surface area (Å²) in [6.45, 7) is 4.80. The van der Waals surface area contributed by atoms with Crippen LogP contribution in [0.3, 0.4) is 0 Å². The van der Waals surface area contributed by atoms with Crippen molar-refractivity contribution in [1.82, 2.24) is 14.8 Å². The Balaban J connectivity index is 1.32. The summed E-state index contributed by atoms with van der Waals surface area (Å²) in [5.74, 6) is 0.716. The van der Waals surface area contributed by atoms with Crippen LogP contribution in [0.4, 0.5) is 17.3 Å². The fourth-order valence-corrected chi connectivity index (χ4v) is 6.36. The molecule has 1 spiro atoms. The van der Waals surface area contributed by atoms with Crippen LogP contribution in [0.1, 0.15) is 31.2 Å². The number of thioether (sulfide) groups is 1. The molecule has 192 valence electrons. The lowest BCUT2D eigenvalue weighted by atomic mass is 9.90. The first-order valence-electron chi connectivity index (χ1n) is 12.8.